The lowest BCUT2D eigenvalue weighted by molar-refractivity contribution is 0.564. The van der Waals surface area contributed by atoms with Gasteiger partial charge in [0.2, 0.25) is 0 Å². The van der Waals surface area contributed by atoms with E-state index in [-0.39, 0.29) is 5.92 Å². The maximum atomic E-state index is 11.0. The van der Waals surface area contributed by atoms with Crippen LogP contribution in [0.25, 0.3) is 0 Å². The lowest BCUT2D eigenvalue weighted by Crippen LogP contribution is -2.00. The molecule has 3 N–H and O–H groups in total. The van der Waals surface area contributed by atoms with Crippen molar-refractivity contribution in [2.75, 3.05) is 5.73 Å². The molecule has 0 heterocycles. The zero-order valence-electron chi connectivity index (χ0n) is 10.7. The van der Waals surface area contributed by atoms with Crippen molar-refractivity contribution in [1.82, 2.24) is 0 Å². The molecule has 2 aromatic rings. The highest BCUT2D eigenvalue weighted by Gasteiger charge is 2.12. The quantitative estimate of drug-likeness (QED) is 0.664. The second-order valence-corrected chi connectivity index (χ2v) is 5.42. The van der Waals surface area contributed by atoms with Gasteiger partial charge in [-0.25, -0.2) is 4.21 Å². The third kappa shape index (κ3) is 3.22. The first-order chi connectivity index (χ1) is 9.11. The number of anilines is 1. The molecular formula is C15H17NO2S. The van der Waals surface area contributed by atoms with Gasteiger partial charge in [-0.3, -0.25) is 0 Å². The van der Waals surface area contributed by atoms with E-state index in [0.29, 0.717) is 4.90 Å². The van der Waals surface area contributed by atoms with Crippen molar-refractivity contribution < 1.29 is 8.76 Å². The predicted molar refractivity (Wildman–Crippen MR) is 78.5 cm³/mol. The molecule has 0 radical (unpaired) electrons. The molecule has 0 aliphatic heterocycles. The van der Waals surface area contributed by atoms with Crippen LogP contribution in [0.5, 0.6) is 0 Å². The lowest BCUT2D eigenvalue weighted by Gasteiger charge is -2.16. The Hall–Kier alpha value is -1.65. The van der Waals surface area contributed by atoms with Crippen molar-refractivity contribution in [3.05, 3.63) is 59.7 Å². The van der Waals surface area contributed by atoms with Gasteiger partial charge in [-0.1, -0.05) is 31.2 Å². The molecule has 19 heavy (non-hydrogen) atoms. The standard InChI is InChI=1S/C15H17NO2S/c1-2-15(11-3-7-13(16)8-4-11)12-5-9-14(10-6-12)19(17)18/h3-10,15H,2,16H2,1H3,(H,17,18). The summed E-state index contributed by atoms with van der Waals surface area (Å²) in [5.74, 6) is 0.279. The van der Waals surface area contributed by atoms with E-state index < -0.39 is 11.1 Å². The minimum atomic E-state index is -1.92. The SMILES string of the molecule is CCC(c1ccc(N)cc1)c1ccc(S(=O)O)cc1. The van der Waals surface area contributed by atoms with E-state index in [0.717, 1.165) is 17.7 Å². The van der Waals surface area contributed by atoms with Gasteiger partial charge in [0.05, 0.1) is 4.90 Å². The highest BCUT2D eigenvalue weighted by Crippen LogP contribution is 2.28. The normalized spacial score (nSPS) is 14.0. The number of nitrogens with two attached hydrogens (primary N) is 1. The maximum Gasteiger partial charge on any atom is 0.186 e. The van der Waals surface area contributed by atoms with Gasteiger partial charge >= 0.3 is 0 Å². The van der Waals surface area contributed by atoms with Crippen LogP contribution in [0.3, 0.4) is 0 Å². The van der Waals surface area contributed by atoms with Crippen LogP contribution < -0.4 is 5.73 Å². The maximum absolute atomic E-state index is 11.0. The Kier molecular flexibility index (Phi) is 4.35. The summed E-state index contributed by atoms with van der Waals surface area (Å²) in [5, 5.41) is 0. The molecule has 100 valence electrons. The highest BCUT2D eigenvalue weighted by atomic mass is 32.2. The molecule has 0 spiro atoms. The van der Waals surface area contributed by atoms with Crippen LogP contribution >= 0.6 is 0 Å². The number of hydrogen-bond donors (Lipinski definition) is 2. The van der Waals surface area contributed by atoms with Crippen molar-refractivity contribution in [2.45, 2.75) is 24.2 Å². The van der Waals surface area contributed by atoms with Crippen molar-refractivity contribution in [2.24, 2.45) is 0 Å². The molecular weight excluding hydrogens is 258 g/mol. The molecule has 0 saturated heterocycles. The zero-order chi connectivity index (χ0) is 13.8. The molecule has 0 amide bonds. The molecule has 3 nitrogen and oxygen atoms in total. The van der Waals surface area contributed by atoms with E-state index in [9.17, 15) is 4.21 Å². The first kappa shape index (κ1) is 13.8. The molecule has 4 heteroatoms. The van der Waals surface area contributed by atoms with Gasteiger partial charge in [0.15, 0.2) is 11.1 Å². The molecule has 0 saturated carbocycles. The Morgan fingerprint density at radius 1 is 1.05 bits per heavy atom. The fourth-order valence-electron chi connectivity index (χ4n) is 2.21. The summed E-state index contributed by atoms with van der Waals surface area (Å²) in [7, 11) is 0. The van der Waals surface area contributed by atoms with E-state index >= 15 is 0 Å². The Bertz CT molecular complexity index is 564. The van der Waals surface area contributed by atoms with E-state index in [1.165, 1.54) is 5.56 Å². The first-order valence-electron chi connectivity index (χ1n) is 6.18. The topological polar surface area (TPSA) is 63.3 Å². The lowest BCUT2D eigenvalue weighted by atomic mass is 9.89. The summed E-state index contributed by atoms with van der Waals surface area (Å²) in [6, 6.07) is 15.1. The summed E-state index contributed by atoms with van der Waals surface area (Å²) >= 11 is -1.92. The summed E-state index contributed by atoms with van der Waals surface area (Å²) in [4.78, 5) is 0.427. The van der Waals surface area contributed by atoms with Gasteiger partial charge < -0.3 is 10.3 Å². The molecule has 0 fully saturated rings. The first-order valence-corrected chi connectivity index (χ1v) is 7.28. The van der Waals surface area contributed by atoms with Crippen LogP contribution in [0.4, 0.5) is 5.69 Å². The second kappa shape index (κ2) is 5.99. The summed E-state index contributed by atoms with van der Waals surface area (Å²) < 4.78 is 20.0. The Morgan fingerprint density at radius 3 is 1.95 bits per heavy atom. The summed E-state index contributed by atoms with van der Waals surface area (Å²) in [6.45, 7) is 2.12. The highest BCUT2D eigenvalue weighted by molar-refractivity contribution is 7.79. The molecule has 2 atom stereocenters. The van der Waals surface area contributed by atoms with E-state index in [1.807, 2.05) is 36.4 Å². The summed E-state index contributed by atoms with van der Waals surface area (Å²) in [6.07, 6.45) is 0.964. The van der Waals surface area contributed by atoms with Crippen LogP contribution in [-0.4, -0.2) is 8.76 Å². The monoisotopic (exact) mass is 275 g/mol. The fraction of sp³-hybridized carbons (Fsp3) is 0.200. The van der Waals surface area contributed by atoms with E-state index in [1.54, 1.807) is 12.1 Å². The number of hydrogen-bond acceptors (Lipinski definition) is 2. The third-order valence-electron chi connectivity index (χ3n) is 3.23. The van der Waals surface area contributed by atoms with Crippen LogP contribution in [0.2, 0.25) is 0 Å². The second-order valence-electron chi connectivity index (χ2n) is 4.45. The van der Waals surface area contributed by atoms with Gasteiger partial charge in [-0.2, -0.15) is 0 Å². The average molecular weight is 275 g/mol. The Morgan fingerprint density at radius 2 is 1.53 bits per heavy atom. The zero-order valence-corrected chi connectivity index (χ0v) is 11.6. The van der Waals surface area contributed by atoms with Gasteiger partial charge in [0.25, 0.3) is 0 Å². The van der Waals surface area contributed by atoms with Crippen molar-refractivity contribution in [1.29, 1.82) is 0 Å². The van der Waals surface area contributed by atoms with Crippen LogP contribution in [0.1, 0.15) is 30.4 Å². The van der Waals surface area contributed by atoms with Crippen molar-refractivity contribution in [3.63, 3.8) is 0 Å². The molecule has 0 aromatic heterocycles. The predicted octanol–water partition coefficient (Wildman–Crippen LogP) is 3.39. The number of rotatable bonds is 4. The molecule has 2 rings (SSSR count). The summed E-state index contributed by atoms with van der Waals surface area (Å²) in [5.41, 5.74) is 8.80. The molecule has 2 unspecified atom stereocenters. The molecule has 2 aromatic carbocycles. The minimum absolute atomic E-state index is 0.279. The van der Waals surface area contributed by atoms with Crippen LogP contribution in [0.15, 0.2) is 53.4 Å². The minimum Gasteiger partial charge on any atom is -0.399 e. The third-order valence-corrected chi connectivity index (χ3v) is 3.91. The fourth-order valence-corrected chi connectivity index (χ4v) is 2.58. The average Bonchev–Trinajstić information content (AvgIpc) is 2.42. The Balaban J connectivity index is 2.31. The van der Waals surface area contributed by atoms with Crippen molar-refractivity contribution in [3.8, 4) is 0 Å². The van der Waals surface area contributed by atoms with Gasteiger partial charge in [-0.05, 0) is 41.8 Å². The molecule has 0 aliphatic rings. The molecule has 0 aliphatic carbocycles. The van der Waals surface area contributed by atoms with Gasteiger partial charge in [0, 0.05) is 11.6 Å². The van der Waals surface area contributed by atoms with Gasteiger partial charge in [-0.15, -0.1) is 0 Å². The largest absolute Gasteiger partial charge is 0.399 e. The smallest absolute Gasteiger partial charge is 0.186 e. The van der Waals surface area contributed by atoms with Gasteiger partial charge in [0.1, 0.15) is 0 Å². The number of benzene rings is 2. The van der Waals surface area contributed by atoms with E-state index in [4.69, 9.17) is 10.3 Å². The molecule has 0 bridgehead atoms. The number of nitrogen functional groups attached to an aromatic ring is 1. The van der Waals surface area contributed by atoms with Crippen molar-refractivity contribution >= 4 is 16.8 Å². The Labute approximate surface area is 115 Å². The van der Waals surface area contributed by atoms with Crippen LogP contribution in [-0.2, 0) is 11.1 Å². The van der Waals surface area contributed by atoms with E-state index in [2.05, 4.69) is 6.92 Å². The van der Waals surface area contributed by atoms with Crippen LogP contribution in [0, 0.1) is 0 Å².